The first-order valence-electron chi connectivity index (χ1n) is 29.2. The molecule has 6 heteroatoms. The van der Waals surface area contributed by atoms with E-state index in [1.807, 2.05) is 0 Å². The van der Waals surface area contributed by atoms with E-state index in [1.54, 1.807) is 0 Å². The second-order valence-corrected chi connectivity index (χ2v) is 23.7. The van der Waals surface area contributed by atoms with Crippen molar-refractivity contribution in [2.75, 3.05) is 0 Å². The summed E-state index contributed by atoms with van der Waals surface area (Å²) in [5, 5.41) is 24.9. The average molecular weight is 1060 g/mol. The van der Waals surface area contributed by atoms with Crippen LogP contribution in [0.1, 0.15) is 0 Å². The van der Waals surface area contributed by atoms with E-state index in [0.29, 0.717) is 0 Å². The van der Waals surface area contributed by atoms with E-state index in [9.17, 15) is 0 Å². The fourth-order valence-electron chi connectivity index (χ4n) is 17.2. The molecule has 0 atom stereocenters. The Morgan fingerprint density at radius 3 is 0.976 bits per heavy atom. The van der Waals surface area contributed by atoms with Crippen LogP contribution in [0, 0.1) is 0 Å². The molecule has 0 aliphatic carbocycles. The minimum Gasteiger partial charge on any atom is -0.455 e. The summed E-state index contributed by atoms with van der Waals surface area (Å²) in [7, 11) is 0. The van der Waals surface area contributed by atoms with Gasteiger partial charge in [0, 0.05) is 103 Å². The molecule has 0 unspecified atom stereocenters. The molecule has 23 rings (SSSR count). The van der Waals surface area contributed by atoms with Crippen LogP contribution in [0.25, 0.3) is 213 Å². The van der Waals surface area contributed by atoms with Crippen molar-refractivity contribution in [2.24, 2.45) is 0 Å². The van der Waals surface area contributed by atoms with Gasteiger partial charge in [0.2, 0.25) is 0 Å². The number of fused-ring (bicyclic) bond motifs is 34. The SMILES string of the molecule is c1ccc(-n2c3c(ccc4c3c3cccc5c6ccccc6n4c53)c3ccc4c(c5cccc6c7c(-c8cccc9c8c8cccc%10c%11c%12oc%13c(ccc%14c%13c%13cccc%15c%16ccccc%16n%14c%15%13)c%12ccc%11n9c8%10)cccc7n4c65)c32)cc1. The zero-order chi connectivity index (χ0) is 53.7. The average Bonchev–Trinajstić information content (AvgIpc) is 4.14. The van der Waals surface area contributed by atoms with Gasteiger partial charge in [-0.05, 0) is 83.9 Å². The quantitative estimate of drug-likeness (QED) is 0.170. The highest BCUT2D eigenvalue weighted by atomic mass is 16.3. The van der Waals surface area contributed by atoms with Gasteiger partial charge in [-0.1, -0.05) is 164 Å². The Morgan fingerprint density at radius 1 is 0.190 bits per heavy atom. The molecule has 382 valence electrons. The smallest absolute Gasteiger partial charge is 0.145 e. The lowest BCUT2D eigenvalue weighted by atomic mass is 9.94. The summed E-state index contributed by atoms with van der Waals surface area (Å²) in [4.78, 5) is 0. The number of benzene rings is 13. The maximum Gasteiger partial charge on any atom is 0.145 e. The van der Waals surface area contributed by atoms with Crippen LogP contribution in [-0.4, -0.2) is 22.2 Å². The molecule has 10 aromatic heterocycles. The summed E-state index contributed by atoms with van der Waals surface area (Å²) >= 11 is 0. The fraction of sp³-hybridized carbons (Fsp3) is 0. The predicted octanol–water partition coefficient (Wildman–Crippen LogP) is 21.0. The lowest BCUT2D eigenvalue weighted by Crippen LogP contribution is -1.94. The molecule has 0 N–H and O–H groups in total. The van der Waals surface area contributed by atoms with Gasteiger partial charge < -0.3 is 26.6 Å². The van der Waals surface area contributed by atoms with E-state index in [-0.39, 0.29) is 0 Å². The third kappa shape index (κ3) is 4.42. The number of furan rings is 1. The summed E-state index contributed by atoms with van der Waals surface area (Å²) in [6.07, 6.45) is 0. The van der Waals surface area contributed by atoms with Gasteiger partial charge in [-0.2, -0.15) is 0 Å². The summed E-state index contributed by atoms with van der Waals surface area (Å²) in [6.45, 7) is 0. The largest absolute Gasteiger partial charge is 0.455 e. The second-order valence-electron chi connectivity index (χ2n) is 23.7. The number of para-hydroxylation sites is 7. The van der Waals surface area contributed by atoms with Gasteiger partial charge in [-0.3, -0.25) is 0 Å². The Morgan fingerprint density at radius 2 is 0.500 bits per heavy atom. The summed E-state index contributed by atoms with van der Waals surface area (Å²) in [5.74, 6) is 0. The van der Waals surface area contributed by atoms with E-state index in [4.69, 9.17) is 4.42 Å². The first kappa shape index (κ1) is 41.6. The van der Waals surface area contributed by atoms with Crippen molar-refractivity contribution in [1.82, 2.24) is 22.2 Å². The van der Waals surface area contributed by atoms with E-state index in [0.717, 1.165) is 38.5 Å². The van der Waals surface area contributed by atoms with Crippen molar-refractivity contribution in [3.8, 4) is 16.8 Å². The monoisotopic (exact) mass is 1060 g/mol. The maximum absolute atomic E-state index is 7.34. The van der Waals surface area contributed by atoms with E-state index >= 15 is 0 Å². The lowest BCUT2D eigenvalue weighted by molar-refractivity contribution is 0.677. The molecule has 0 radical (unpaired) electrons. The molecule has 84 heavy (non-hydrogen) atoms. The van der Waals surface area contributed by atoms with Crippen molar-refractivity contribution in [3.63, 3.8) is 0 Å². The summed E-state index contributed by atoms with van der Waals surface area (Å²) in [6, 6.07) is 88.9. The van der Waals surface area contributed by atoms with Crippen LogP contribution >= 0.6 is 0 Å². The third-order valence-electron chi connectivity index (χ3n) is 20.2. The predicted molar refractivity (Wildman–Crippen MR) is 352 cm³/mol. The Bertz CT molecular complexity index is 6960. The lowest BCUT2D eigenvalue weighted by Gasteiger charge is -2.11. The second kappa shape index (κ2) is 13.9. The van der Waals surface area contributed by atoms with E-state index in [2.05, 4.69) is 259 Å². The van der Waals surface area contributed by atoms with Gasteiger partial charge in [0.05, 0.1) is 88.0 Å². The number of nitrogens with zero attached hydrogens (tertiary/aromatic N) is 5. The molecule has 0 spiro atoms. The molecule has 0 aliphatic heterocycles. The Balaban J connectivity index is 0.779. The van der Waals surface area contributed by atoms with Crippen molar-refractivity contribution in [3.05, 3.63) is 237 Å². The zero-order valence-electron chi connectivity index (χ0n) is 44.7. The topological polar surface area (TPSA) is 35.7 Å². The van der Waals surface area contributed by atoms with Crippen LogP contribution in [0.2, 0.25) is 0 Å². The van der Waals surface area contributed by atoms with Crippen LogP contribution in [0.15, 0.2) is 241 Å². The molecule has 0 saturated carbocycles. The molecule has 10 heterocycles. The van der Waals surface area contributed by atoms with Gasteiger partial charge in [-0.25, -0.2) is 0 Å². The number of aromatic nitrogens is 5. The molecule has 23 aromatic rings. The Labute approximate surface area is 473 Å². The van der Waals surface area contributed by atoms with Gasteiger partial charge in [-0.15, -0.1) is 0 Å². The standard InChI is InChI=1S/C78H39N5O/c1-2-14-40(15-3-1)79-75-47(32-36-61-67(75)53-24-8-20-45-41-16-4-6-28-57(41)80(61)71(45)53)48-33-37-62-68(76(48)79)54-25-10-22-51-65-43(18-12-30-59(65)82(62)73(51)54)44-19-13-31-60-66(44)52-23-11-27-56-70-64(83(60)74(52)56)39-35-50-49-34-38-63-69(77(49)84-78(50)70)55-26-9-21-46-42-17-5-7-29-58(42)81(63)72(46)55/h1-39H. The van der Waals surface area contributed by atoms with Crippen molar-refractivity contribution >= 4 is 196 Å². The highest BCUT2D eigenvalue weighted by Crippen LogP contribution is 2.53. The van der Waals surface area contributed by atoms with Crippen LogP contribution in [0.4, 0.5) is 0 Å². The van der Waals surface area contributed by atoms with Gasteiger partial charge in [0.1, 0.15) is 11.2 Å². The van der Waals surface area contributed by atoms with E-state index < -0.39 is 0 Å². The van der Waals surface area contributed by atoms with E-state index in [1.165, 1.54) is 174 Å². The molecule has 0 saturated heterocycles. The summed E-state index contributed by atoms with van der Waals surface area (Å²) < 4.78 is 20.0. The first-order valence-corrected chi connectivity index (χ1v) is 29.2. The molecule has 0 bridgehead atoms. The number of hydrogen-bond acceptors (Lipinski definition) is 1. The van der Waals surface area contributed by atoms with Gasteiger partial charge in [0.15, 0.2) is 0 Å². The van der Waals surface area contributed by atoms with Crippen LogP contribution < -0.4 is 0 Å². The minimum atomic E-state index is 0.945. The maximum atomic E-state index is 7.34. The Hall–Kier alpha value is -11.3. The highest BCUT2D eigenvalue weighted by Gasteiger charge is 2.30. The fourth-order valence-corrected chi connectivity index (χ4v) is 17.2. The van der Waals surface area contributed by atoms with Crippen LogP contribution in [0.3, 0.4) is 0 Å². The molecule has 0 fully saturated rings. The summed E-state index contributed by atoms with van der Waals surface area (Å²) in [5.41, 5.74) is 22.7. The first-order chi connectivity index (χ1) is 41.8. The minimum absolute atomic E-state index is 0.945. The molecular formula is C78H39N5O. The molecule has 6 nitrogen and oxygen atoms in total. The third-order valence-corrected chi connectivity index (χ3v) is 20.2. The molecule has 0 aliphatic rings. The number of hydrogen-bond donors (Lipinski definition) is 0. The van der Waals surface area contributed by atoms with Crippen molar-refractivity contribution in [1.29, 1.82) is 0 Å². The van der Waals surface area contributed by atoms with Crippen LogP contribution in [0.5, 0.6) is 0 Å². The zero-order valence-corrected chi connectivity index (χ0v) is 44.7. The van der Waals surface area contributed by atoms with Crippen LogP contribution in [-0.2, 0) is 0 Å². The molecule has 13 aromatic carbocycles. The molecule has 0 amide bonds. The molecular weight excluding hydrogens is 1020 g/mol. The Kier molecular flexibility index (Phi) is 6.87. The van der Waals surface area contributed by atoms with Crippen molar-refractivity contribution < 1.29 is 4.42 Å². The highest BCUT2D eigenvalue weighted by molar-refractivity contribution is 6.38. The van der Waals surface area contributed by atoms with Crippen molar-refractivity contribution in [2.45, 2.75) is 0 Å². The van der Waals surface area contributed by atoms with Gasteiger partial charge in [0.25, 0.3) is 0 Å². The van der Waals surface area contributed by atoms with Gasteiger partial charge >= 0.3 is 0 Å². The normalized spacial score (nSPS) is 13.2. The number of rotatable bonds is 2.